The average Bonchev–Trinajstić information content (AvgIpc) is 2.86. The molecule has 1 aliphatic carbocycles. The zero-order valence-corrected chi connectivity index (χ0v) is 12.3. The van der Waals surface area contributed by atoms with Crippen molar-refractivity contribution in [3.05, 3.63) is 36.0 Å². The van der Waals surface area contributed by atoms with Crippen LogP contribution in [-0.4, -0.2) is 28.0 Å². The molecule has 0 bridgehead atoms. The Hall–Kier alpha value is -2.30. The monoisotopic (exact) mass is 300 g/mol. The maximum atomic E-state index is 12.6. The van der Waals surface area contributed by atoms with Crippen molar-refractivity contribution < 1.29 is 14.7 Å². The van der Waals surface area contributed by atoms with Crippen LogP contribution in [0.1, 0.15) is 42.5 Å². The Kier molecular flexibility index (Phi) is 4.13. The number of aromatic amines is 1. The Balaban J connectivity index is 1.83. The second-order valence-electron chi connectivity index (χ2n) is 5.91. The third kappa shape index (κ3) is 2.84. The van der Waals surface area contributed by atoms with Crippen molar-refractivity contribution in [2.75, 3.05) is 0 Å². The molecular formula is C17H20N2O3. The number of fused-ring (bicyclic) bond motifs is 1. The average molecular weight is 300 g/mol. The molecule has 1 aromatic heterocycles. The number of hydrogen-bond donors (Lipinski definition) is 3. The summed E-state index contributed by atoms with van der Waals surface area (Å²) in [5, 5.41) is 13.3. The van der Waals surface area contributed by atoms with Crippen LogP contribution in [0.3, 0.4) is 0 Å². The summed E-state index contributed by atoms with van der Waals surface area (Å²) in [6, 6.07) is 7.16. The van der Waals surface area contributed by atoms with E-state index in [2.05, 4.69) is 10.3 Å². The van der Waals surface area contributed by atoms with E-state index in [1.807, 2.05) is 18.2 Å². The molecule has 1 amide bonds. The van der Waals surface area contributed by atoms with Gasteiger partial charge in [-0.25, -0.2) is 0 Å². The van der Waals surface area contributed by atoms with Gasteiger partial charge < -0.3 is 15.4 Å². The van der Waals surface area contributed by atoms with E-state index in [1.165, 1.54) is 0 Å². The molecule has 0 aliphatic heterocycles. The summed E-state index contributed by atoms with van der Waals surface area (Å²) in [5.41, 5.74) is 1.36. The first kappa shape index (κ1) is 14.6. The highest BCUT2D eigenvalue weighted by atomic mass is 16.4. The highest BCUT2D eigenvalue weighted by Crippen LogP contribution is 2.25. The molecule has 2 atom stereocenters. The van der Waals surface area contributed by atoms with Crippen LogP contribution >= 0.6 is 0 Å². The molecule has 22 heavy (non-hydrogen) atoms. The lowest BCUT2D eigenvalue weighted by Crippen LogP contribution is -2.42. The Labute approximate surface area is 128 Å². The minimum Gasteiger partial charge on any atom is -0.481 e. The fourth-order valence-corrected chi connectivity index (χ4v) is 3.30. The van der Waals surface area contributed by atoms with Crippen LogP contribution < -0.4 is 5.32 Å². The van der Waals surface area contributed by atoms with Gasteiger partial charge in [-0.1, -0.05) is 31.4 Å². The zero-order valence-electron chi connectivity index (χ0n) is 12.3. The second-order valence-corrected chi connectivity index (χ2v) is 5.91. The summed E-state index contributed by atoms with van der Waals surface area (Å²) >= 11 is 0. The summed E-state index contributed by atoms with van der Waals surface area (Å²) in [6.45, 7) is 0. The molecule has 1 fully saturated rings. The molecule has 0 saturated heterocycles. The van der Waals surface area contributed by atoms with Crippen molar-refractivity contribution in [3.8, 4) is 0 Å². The van der Waals surface area contributed by atoms with Gasteiger partial charge in [0.2, 0.25) is 0 Å². The number of rotatable bonds is 3. The van der Waals surface area contributed by atoms with E-state index in [4.69, 9.17) is 0 Å². The number of hydrogen-bond acceptors (Lipinski definition) is 2. The topological polar surface area (TPSA) is 82.2 Å². The van der Waals surface area contributed by atoms with Gasteiger partial charge in [0.25, 0.3) is 5.91 Å². The zero-order chi connectivity index (χ0) is 15.5. The third-order valence-corrected chi connectivity index (χ3v) is 4.48. The van der Waals surface area contributed by atoms with Gasteiger partial charge in [0, 0.05) is 17.6 Å². The molecule has 116 valence electrons. The predicted molar refractivity (Wildman–Crippen MR) is 83.8 cm³/mol. The van der Waals surface area contributed by atoms with Gasteiger partial charge in [-0.3, -0.25) is 9.59 Å². The number of benzene rings is 1. The van der Waals surface area contributed by atoms with Crippen molar-refractivity contribution in [3.63, 3.8) is 0 Å². The van der Waals surface area contributed by atoms with Crippen LogP contribution in [0.2, 0.25) is 0 Å². The first-order valence-corrected chi connectivity index (χ1v) is 7.76. The molecule has 0 radical (unpaired) electrons. The van der Waals surface area contributed by atoms with Crippen LogP contribution in [-0.2, 0) is 4.79 Å². The second kappa shape index (κ2) is 6.22. The molecule has 5 nitrogen and oxygen atoms in total. The van der Waals surface area contributed by atoms with Crippen molar-refractivity contribution >= 4 is 22.8 Å². The van der Waals surface area contributed by atoms with Crippen LogP contribution in [0.15, 0.2) is 30.5 Å². The van der Waals surface area contributed by atoms with Gasteiger partial charge in [-0.2, -0.15) is 0 Å². The van der Waals surface area contributed by atoms with E-state index in [0.717, 1.165) is 36.6 Å². The van der Waals surface area contributed by atoms with Gasteiger partial charge in [0.1, 0.15) is 0 Å². The van der Waals surface area contributed by atoms with Crippen molar-refractivity contribution in [2.45, 2.75) is 38.1 Å². The Morgan fingerprint density at radius 2 is 1.95 bits per heavy atom. The minimum absolute atomic E-state index is 0.203. The molecule has 2 aromatic rings. The SMILES string of the molecule is O=C(NC1CCCCCC1C(=O)O)c1cccc2cc[nH]c12. The van der Waals surface area contributed by atoms with Crippen LogP contribution in [0.5, 0.6) is 0 Å². The summed E-state index contributed by atoms with van der Waals surface area (Å²) < 4.78 is 0. The van der Waals surface area contributed by atoms with E-state index in [1.54, 1.807) is 12.3 Å². The number of aromatic nitrogens is 1. The molecular weight excluding hydrogens is 280 g/mol. The van der Waals surface area contributed by atoms with E-state index in [9.17, 15) is 14.7 Å². The fraction of sp³-hybridized carbons (Fsp3) is 0.412. The van der Waals surface area contributed by atoms with Gasteiger partial charge in [-0.05, 0) is 25.0 Å². The number of aliphatic carboxylic acids is 1. The Morgan fingerprint density at radius 1 is 1.14 bits per heavy atom. The van der Waals surface area contributed by atoms with E-state index in [0.29, 0.717) is 12.0 Å². The Morgan fingerprint density at radius 3 is 2.77 bits per heavy atom. The number of para-hydroxylation sites is 1. The summed E-state index contributed by atoms with van der Waals surface area (Å²) in [4.78, 5) is 27.1. The lowest BCUT2D eigenvalue weighted by molar-refractivity contribution is -0.142. The van der Waals surface area contributed by atoms with Crippen LogP contribution in [0.25, 0.3) is 10.9 Å². The van der Waals surface area contributed by atoms with Gasteiger partial charge >= 0.3 is 5.97 Å². The number of nitrogens with one attached hydrogen (secondary N) is 2. The molecule has 0 spiro atoms. The molecule has 1 saturated carbocycles. The lowest BCUT2D eigenvalue weighted by Gasteiger charge is -2.23. The Bertz CT molecular complexity index is 692. The van der Waals surface area contributed by atoms with Crippen molar-refractivity contribution in [2.24, 2.45) is 5.92 Å². The maximum absolute atomic E-state index is 12.6. The highest BCUT2D eigenvalue weighted by Gasteiger charge is 2.31. The first-order valence-electron chi connectivity index (χ1n) is 7.76. The smallest absolute Gasteiger partial charge is 0.308 e. The van der Waals surface area contributed by atoms with Crippen LogP contribution in [0, 0.1) is 5.92 Å². The number of amides is 1. The van der Waals surface area contributed by atoms with Gasteiger partial charge in [0.05, 0.1) is 17.0 Å². The van der Waals surface area contributed by atoms with Gasteiger partial charge in [0.15, 0.2) is 0 Å². The summed E-state index contributed by atoms with van der Waals surface area (Å²) in [7, 11) is 0. The largest absolute Gasteiger partial charge is 0.481 e. The van der Waals surface area contributed by atoms with Crippen molar-refractivity contribution in [1.82, 2.24) is 10.3 Å². The minimum atomic E-state index is -0.815. The molecule has 2 unspecified atom stereocenters. The quantitative estimate of drug-likeness (QED) is 0.762. The number of carbonyl (C=O) groups is 2. The first-order chi connectivity index (χ1) is 10.7. The number of carboxylic acids is 1. The molecule has 3 N–H and O–H groups in total. The molecule has 1 aliphatic rings. The molecule has 5 heteroatoms. The summed E-state index contributed by atoms with van der Waals surface area (Å²) in [6.07, 6.45) is 6.06. The summed E-state index contributed by atoms with van der Waals surface area (Å²) in [5.74, 6) is -1.51. The number of H-pyrrole nitrogens is 1. The highest BCUT2D eigenvalue weighted by molar-refractivity contribution is 6.05. The van der Waals surface area contributed by atoms with Gasteiger partial charge in [-0.15, -0.1) is 0 Å². The standard InChI is InChI=1S/C17H20N2O3/c20-16(13-7-4-5-11-9-10-18-15(11)13)19-14-8-3-1-2-6-12(14)17(21)22/h4-5,7,9-10,12,14,18H,1-3,6,8H2,(H,19,20)(H,21,22). The fourth-order valence-electron chi connectivity index (χ4n) is 3.30. The van der Waals surface area contributed by atoms with Crippen LogP contribution in [0.4, 0.5) is 0 Å². The predicted octanol–water partition coefficient (Wildman–Crippen LogP) is 2.93. The van der Waals surface area contributed by atoms with E-state index < -0.39 is 11.9 Å². The third-order valence-electron chi connectivity index (χ3n) is 4.48. The van der Waals surface area contributed by atoms with E-state index >= 15 is 0 Å². The van der Waals surface area contributed by atoms with Crippen molar-refractivity contribution in [1.29, 1.82) is 0 Å². The molecule has 1 aromatic carbocycles. The molecule has 1 heterocycles. The normalized spacial score (nSPS) is 22.2. The maximum Gasteiger partial charge on any atom is 0.308 e. The number of carbonyl (C=O) groups excluding carboxylic acids is 1. The molecule has 3 rings (SSSR count). The van der Waals surface area contributed by atoms with E-state index in [-0.39, 0.29) is 11.9 Å². The lowest BCUT2D eigenvalue weighted by atomic mass is 9.94. The number of carboxylic acid groups (broad SMARTS) is 1.